The van der Waals surface area contributed by atoms with E-state index in [9.17, 15) is 0 Å². The highest BCUT2D eigenvalue weighted by atomic mass is 35.5. The summed E-state index contributed by atoms with van der Waals surface area (Å²) in [6, 6.07) is 5.66. The van der Waals surface area contributed by atoms with Crippen LogP contribution < -0.4 is 11.1 Å². The van der Waals surface area contributed by atoms with Crippen LogP contribution in [0.5, 0.6) is 0 Å². The van der Waals surface area contributed by atoms with Crippen molar-refractivity contribution in [3.8, 4) is 0 Å². The lowest BCUT2D eigenvalue weighted by atomic mass is 10.2. The van der Waals surface area contributed by atoms with Crippen LogP contribution in [0.25, 0.3) is 10.2 Å². The minimum atomic E-state index is 0.0700. The summed E-state index contributed by atoms with van der Waals surface area (Å²) in [4.78, 5) is 5.43. The van der Waals surface area contributed by atoms with E-state index in [4.69, 9.17) is 33.4 Å². The van der Waals surface area contributed by atoms with E-state index in [0.717, 1.165) is 38.7 Å². The average molecular weight is 402 g/mol. The molecule has 0 spiro atoms. The number of rotatable bonds is 7. The third-order valence-corrected chi connectivity index (χ3v) is 6.19. The third-order valence-electron chi connectivity index (χ3n) is 3.48. The maximum atomic E-state index is 6.53. The molecule has 8 heteroatoms. The number of halogens is 2. The first-order valence-corrected chi connectivity index (χ1v) is 10.3. The summed E-state index contributed by atoms with van der Waals surface area (Å²) < 4.78 is 6.34. The van der Waals surface area contributed by atoms with Crippen molar-refractivity contribution >= 4 is 62.2 Å². The van der Waals surface area contributed by atoms with Crippen LogP contribution in [0.3, 0.4) is 0 Å². The van der Waals surface area contributed by atoms with E-state index in [1.165, 1.54) is 0 Å². The molecule has 3 heterocycles. The molecule has 24 heavy (non-hydrogen) atoms. The maximum absolute atomic E-state index is 6.53. The van der Waals surface area contributed by atoms with Crippen LogP contribution in [0.2, 0.25) is 10.2 Å². The van der Waals surface area contributed by atoms with Crippen LogP contribution in [0.4, 0.5) is 5.69 Å². The lowest BCUT2D eigenvalue weighted by molar-refractivity contribution is 0.518. The molecular formula is C16H17Cl2N3OS2. The largest absolute Gasteiger partial charge is 0.467 e. The molecule has 0 aromatic carbocycles. The third kappa shape index (κ3) is 4.00. The SMILES string of the molecule is CSC[C@H](N)Cc1sc2c(NCc3ccco3)cc(Cl)nc2c1Cl. The Bertz CT molecular complexity index is 820. The van der Waals surface area contributed by atoms with Gasteiger partial charge in [0.05, 0.1) is 28.2 Å². The molecule has 0 saturated carbocycles. The fraction of sp³-hybridized carbons (Fsp3) is 0.312. The first-order chi connectivity index (χ1) is 11.6. The van der Waals surface area contributed by atoms with Gasteiger partial charge in [0.25, 0.3) is 0 Å². The fourth-order valence-corrected chi connectivity index (χ4v) is 4.76. The molecule has 1 atom stereocenters. The van der Waals surface area contributed by atoms with Crippen molar-refractivity contribution in [2.75, 3.05) is 17.3 Å². The second-order valence-electron chi connectivity index (χ2n) is 5.36. The van der Waals surface area contributed by atoms with E-state index in [0.29, 0.717) is 16.7 Å². The van der Waals surface area contributed by atoms with Gasteiger partial charge in [0, 0.05) is 22.7 Å². The van der Waals surface area contributed by atoms with E-state index in [1.54, 1.807) is 29.4 Å². The number of nitrogens with two attached hydrogens (primary N) is 1. The zero-order valence-electron chi connectivity index (χ0n) is 13.0. The van der Waals surface area contributed by atoms with Crippen LogP contribution in [-0.2, 0) is 13.0 Å². The summed E-state index contributed by atoms with van der Waals surface area (Å²) in [6.07, 6.45) is 4.43. The predicted octanol–water partition coefficient (Wildman–Crippen LogP) is 5.04. The van der Waals surface area contributed by atoms with Crippen molar-refractivity contribution in [1.29, 1.82) is 0 Å². The van der Waals surface area contributed by atoms with Crippen molar-refractivity contribution in [3.05, 3.63) is 45.3 Å². The molecule has 3 aromatic heterocycles. The van der Waals surface area contributed by atoms with Gasteiger partial charge >= 0.3 is 0 Å². The Morgan fingerprint density at radius 1 is 1.46 bits per heavy atom. The van der Waals surface area contributed by atoms with Gasteiger partial charge in [0.1, 0.15) is 16.4 Å². The molecule has 0 aliphatic rings. The topological polar surface area (TPSA) is 64.1 Å². The molecule has 4 nitrogen and oxygen atoms in total. The smallest absolute Gasteiger partial charge is 0.131 e. The van der Waals surface area contributed by atoms with Gasteiger partial charge in [0.2, 0.25) is 0 Å². The Kier molecular flexibility index (Phi) is 5.94. The van der Waals surface area contributed by atoms with Gasteiger partial charge in [0.15, 0.2) is 0 Å². The number of nitrogens with zero attached hydrogens (tertiary/aromatic N) is 1. The zero-order chi connectivity index (χ0) is 17.1. The number of hydrogen-bond acceptors (Lipinski definition) is 6. The zero-order valence-corrected chi connectivity index (χ0v) is 16.2. The molecular weight excluding hydrogens is 385 g/mol. The average Bonchev–Trinajstić information content (AvgIpc) is 3.15. The van der Waals surface area contributed by atoms with Gasteiger partial charge < -0.3 is 15.5 Å². The number of fused-ring (bicyclic) bond motifs is 1. The Morgan fingerprint density at radius 2 is 2.29 bits per heavy atom. The number of anilines is 1. The van der Waals surface area contributed by atoms with E-state index in [-0.39, 0.29) is 6.04 Å². The van der Waals surface area contributed by atoms with Gasteiger partial charge in [-0.15, -0.1) is 11.3 Å². The van der Waals surface area contributed by atoms with Crippen molar-refractivity contribution in [3.63, 3.8) is 0 Å². The molecule has 3 N–H and O–H groups in total. The summed E-state index contributed by atoms with van der Waals surface area (Å²) in [6.45, 7) is 0.569. The molecule has 0 unspecified atom stereocenters. The van der Waals surface area contributed by atoms with Gasteiger partial charge in [-0.05, 0) is 24.8 Å². The first kappa shape index (κ1) is 17.9. The standard InChI is InChI=1S/C16H17Cl2N3OS2/c1-23-8-9(19)5-12-14(18)15-16(24-12)11(6-13(17)21-15)20-7-10-3-2-4-22-10/h2-4,6,9H,5,7-8,19H2,1H3,(H,20,21)/t9-/m1/s1. The van der Waals surface area contributed by atoms with Crippen LogP contribution in [0.1, 0.15) is 10.6 Å². The highest BCUT2D eigenvalue weighted by Crippen LogP contribution is 2.40. The Labute approximate surface area is 158 Å². The van der Waals surface area contributed by atoms with E-state index >= 15 is 0 Å². The highest BCUT2D eigenvalue weighted by Gasteiger charge is 2.18. The molecule has 0 radical (unpaired) electrons. The summed E-state index contributed by atoms with van der Waals surface area (Å²) in [5.74, 6) is 1.74. The van der Waals surface area contributed by atoms with Crippen LogP contribution in [-0.4, -0.2) is 23.0 Å². The monoisotopic (exact) mass is 401 g/mol. The number of pyridine rings is 1. The molecule has 3 rings (SSSR count). The predicted molar refractivity (Wildman–Crippen MR) is 106 cm³/mol. The Hall–Kier alpha value is -0.920. The minimum Gasteiger partial charge on any atom is -0.467 e. The summed E-state index contributed by atoms with van der Waals surface area (Å²) in [5, 5.41) is 4.40. The van der Waals surface area contributed by atoms with Crippen molar-refractivity contribution in [1.82, 2.24) is 4.98 Å². The van der Waals surface area contributed by atoms with Gasteiger partial charge in [-0.3, -0.25) is 0 Å². The van der Waals surface area contributed by atoms with Gasteiger partial charge in [-0.25, -0.2) is 4.98 Å². The fourth-order valence-electron chi connectivity index (χ4n) is 2.42. The summed E-state index contributed by atoms with van der Waals surface area (Å²) in [5.41, 5.74) is 7.78. The number of furan rings is 1. The number of hydrogen-bond donors (Lipinski definition) is 2. The molecule has 0 saturated heterocycles. The lowest BCUT2D eigenvalue weighted by Crippen LogP contribution is -2.25. The normalized spacial score (nSPS) is 12.7. The lowest BCUT2D eigenvalue weighted by Gasteiger charge is -2.07. The second kappa shape index (κ2) is 7.97. The molecule has 0 aliphatic carbocycles. The van der Waals surface area contributed by atoms with Crippen molar-refractivity contribution in [2.24, 2.45) is 5.73 Å². The Morgan fingerprint density at radius 3 is 3.00 bits per heavy atom. The van der Waals surface area contributed by atoms with Gasteiger partial charge in [-0.2, -0.15) is 11.8 Å². The number of thiophene rings is 1. The molecule has 0 fully saturated rings. The number of nitrogens with one attached hydrogen (secondary N) is 1. The van der Waals surface area contributed by atoms with Crippen LogP contribution >= 0.6 is 46.3 Å². The van der Waals surface area contributed by atoms with E-state index in [1.807, 2.05) is 24.5 Å². The highest BCUT2D eigenvalue weighted by molar-refractivity contribution is 7.98. The first-order valence-electron chi connectivity index (χ1n) is 7.36. The van der Waals surface area contributed by atoms with E-state index < -0.39 is 0 Å². The summed E-state index contributed by atoms with van der Waals surface area (Å²) >= 11 is 16.0. The Balaban J connectivity index is 1.91. The molecule has 0 amide bonds. The second-order valence-corrected chi connectivity index (χ2v) is 8.14. The van der Waals surface area contributed by atoms with Gasteiger partial charge in [-0.1, -0.05) is 23.2 Å². The maximum Gasteiger partial charge on any atom is 0.131 e. The van der Waals surface area contributed by atoms with Crippen molar-refractivity contribution < 1.29 is 4.42 Å². The van der Waals surface area contributed by atoms with Crippen LogP contribution in [0.15, 0.2) is 28.9 Å². The summed E-state index contributed by atoms with van der Waals surface area (Å²) in [7, 11) is 0. The molecule has 128 valence electrons. The number of thioether (sulfide) groups is 1. The van der Waals surface area contributed by atoms with Crippen LogP contribution in [0, 0.1) is 0 Å². The quantitative estimate of drug-likeness (QED) is 0.542. The number of aromatic nitrogens is 1. The van der Waals surface area contributed by atoms with Crippen molar-refractivity contribution in [2.45, 2.75) is 19.0 Å². The molecule has 3 aromatic rings. The minimum absolute atomic E-state index is 0.0700. The molecule has 0 bridgehead atoms. The van der Waals surface area contributed by atoms with E-state index in [2.05, 4.69) is 10.3 Å². The molecule has 0 aliphatic heterocycles.